The maximum atomic E-state index is 3.64. The van der Waals surface area contributed by atoms with Gasteiger partial charge in [0.25, 0.3) is 0 Å². The van der Waals surface area contributed by atoms with Crippen LogP contribution in [0.15, 0.2) is 0 Å². The molecule has 2 heteroatoms. The van der Waals surface area contributed by atoms with Gasteiger partial charge in [-0.15, -0.1) is 0 Å². The molecule has 2 aliphatic rings. The predicted molar refractivity (Wildman–Crippen MR) is 60.3 cm³/mol. The molecule has 1 heterocycles. The lowest BCUT2D eigenvalue weighted by Gasteiger charge is -2.17. The first-order valence-corrected chi connectivity index (χ1v) is 6.19. The van der Waals surface area contributed by atoms with Gasteiger partial charge in [0.15, 0.2) is 0 Å². The Hall–Kier alpha value is -0.0800. The quantitative estimate of drug-likeness (QED) is 0.696. The fourth-order valence-electron chi connectivity index (χ4n) is 2.47. The van der Waals surface area contributed by atoms with E-state index in [4.69, 9.17) is 0 Å². The fourth-order valence-corrected chi connectivity index (χ4v) is 2.47. The molecule has 14 heavy (non-hydrogen) atoms. The van der Waals surface area contributed by atoms with Crippen molar-refractivity contribution >= 4 is 0 Å². The number of hydrogen-bond acceptors (Lipinski definition) is 2. The molecule has 1 aliphatic heterocycles. The summed E-state index contributed by atoms with van der Waals surface area (Å²) in [5.74, 6) is 3.67. The SMILES string of the molecule is CC(CNC[C@@H]1CNC[C@H]1C)C1CC1. The Balaban J connectivity index is 1.57. The van der Waals surface area contributed by atoms with E-state index in [-0.39, 0.29) is 0 Å². The lowest BCUT2D eigenvalue weighted by molar-refractivity contribution is 0.387. The topological polar surface area (TPSA) is 24.1 Å². The molecular weight excluding hydrogens is 172 g/mol. The van der Waals surface area contributed by atoms with Crippen LogP contribution in [-0.4, -0.2) is 26.2 Å². The van der Waals surface area contributed by atoms with Crippen molar-refractivity contribution in [3.05, 3.63) is 0 Å². The van der Waals surface area contributed by atoms with Crippen LogP contribution in [0.4, 0.5) is 0 Å². The van der Waals surface area contributed by atoms with Gasteiger partial charge in [-0.2, -0.15) is 0 Å². The van der Waals surface area contributed by atoms with Gasteiger partial charge in [0, 0.05) is 0 Å². The van der Waals surface area contributed by atoms with Crippen molar-refractivity contribution in [3.8, 4) is 0 Å². The first-order valence-electron chi connectivity index (χ1n) is 6.19. The summed E-state index contributed by atoms with van der Waals surface area (Å²) in [7, 11) is 0. The van der Waals surface area contributed by atoms with Crippen molar-refractivity contribution in [2.45, 2.75) is 26.7 Å². The molecule has 0 aromatic heterocycles. The van der Waals surface area contributed by atoms with Gasteiger partial charge in [-0.1, -0.05) is 13.8 Å². The highest BCUT2D eigenvalue weighted by atomic mass is 14.9. The van der Waals surface area contributed by atoms with Crippen LogP contribution in [0, 0.1) is 23.7 Å². The number of hydrogen-bond donors (Lipinski definition) is 2. The molecule has 1 unspecified atom stereocenters. The summed E-state index contributed by atoms with van der Waals surface area (Å²) in [4.78, 5) is 0. The van der Waals surface area contributed by atoms with E-state index in [9.17, 15) is 0 Å². The number of rotatable bonds is 5. The van der Waals surface area contributed by atoms with E-state index in [1.807, 2.05) is 0 Å². The van der Waals surface area contributed by atoms with Crippen LogP contribution in [0.3, 0.4) is 0 Å². The molecule has 82 valence electrons. The smallest absolute Gasteiger partial charge is 0.000523 e. The Morgan fingerprint density at radius 3 is 2.71 bits per heavy atom. The molecule has 1 saturated carbocycles. The van der Waals surface area contributed by atoms with Crippen LogP contribution in [-0.2, 0) is 0 Å². The van der Waals surface area contributed by atoms with Crippen molar-refractivity contribution in [1.82, 2.24) is 10.6 Å². The van der Waals surface area contributed by atoms with Gasteiger partial charge in [-0.25, -0.2) is 0 Å². The van der Waals surface area contributed by atoms with Crippen molar-refractivity contribution in [2.24, 2.45) is 23.7 Å². The largest absolute Gasteiger partial charge is 0.316 e. The van der Waals surface area contributed by atoms with Crippen LogP contribution in [0.2, 0.25) is 0 Å². The van der Waals surface area contributed by atoms with E-state index in [1.54, 1.807) is 0 Å². The molecule has 0 amide bonds. The van der Waals surface area contributed by atoms with E-state index >= 15 is 0 Å². The zero-order valence-electron chi connectivity index (χ0n) is 9.55. The Kier molecular flexibility index (Phi) is 3.45. The average Bonchev–Trinajstić information content (AvgIpc) is 2.93. The van der Waals surface area contributed by atoms with Crippen molar-refractivity contribution in [3.63, 3.8) is 0 Å². The summed E-state index contributed by atoms with van der Waals surface area (Å²) in [5.41, 5.74) is 0. The molecule has 0 spiro atoms. The summed E-state index contributed by atoms with van der Waals surface area (Å²) in [6.07, 6.45) is 2.95. The van der Waals surface area contributed by atoms with Crippen LogP contribution in [0.25, 0.3) is 0 Å². The second-order valence-electron chi connectivity index (χ2n) is 5.37. The van der Waals surface area contributed by atoms with Crippen LogP contribution < -0.4 is 10.6 Å². The van der Waals surface area contributed by atoms with Crippen molar-refractivity contribution in [1.29, 1.82) is 0 Å². The molecule has 1 saturated heterocycles. The summed E-state index contributed by atoms with van der Waals surface area (Å²) in [5, 5.41) is 7.09. The van der Waals surface area contributed by atoms with E-state index < -0.39 is 0 Å². The third-order valence-corrected chi connectivity index (χ3v) is 3.98. The highest BCUT2D eigenvalue weighted by Gasteiger charge is 2.28. The maximum absolute atomic E-state index is 3.64. The molecule has 0 aromatic carbocycles. The van der Waals surface area contributed by atoms with Gasteiger partial charge in [0.1, 0.15) is 0 Å². The minimum absolute atomic E-state index is 0.860. The van der Waals surface area contributed by atoms with Gasteiger partial charge >= 0.3 is 0 Å². The molecule has 2 rings (SSSR count). The maximum Gasteiger partial charge on any atom is -0.000523 e. The van der Waals surface area contributed by atoms with Crippen LogP contribution in [0.1, 0.15) is 26.7 Å². The molecular formula is C12H24N2. The van der Waals surface area contributed by atoms with E-state index in [0.29, 0.717) is 0 Å². The predicted octanol–water partition coefficient (Wildman–Crippen LogP) is 1.48. The summed E-state index contributed by atoms with van der Waals surface area (Å²) in [6.45, 7) is 9.62. The summed E-state index contributed by atoms with van der Waals surface area (Å²) in [6, 6.07) is 0. The fraction of sp³-hybridized carbons (Fsp3) is 1.00. The third-order valence-electron chi connectivity index (χ3n) is 3.98. The molecule has 2 N–H and O–H groups in total. The van der Waals surface area contributed by atoms with Gasteiger partial charge in [0.2, 0.25) is 0 Å². The Morgan fingerprint density at radius 2 is 2.14 bits per heavy atom. The zero-order chi connectivity index (χ0) is 9.97. The van der Waals surface area contributed by atoms with Gasteiger partial charge in [-0.05, 0) is 62.7 Å². The molecule has 3 atom stereocenters. The van der Waals surface area contributed by atoms with Crippen LogP contribution >= 0.6 is 0 Å². The third kappa shape index (κ3) is 2.71. The van der Waals surface area contributed by atoms with Crippen molar-refractivity contribution < 1.29 is 0 Å². The molecule has 0 radical (unpaired) electrons. The lowest BCUT2D eigenvalue weighted by Crippen LogP contribution is -2.30. The van der Waals surface area contributed by atoms with Gasteiger partial charge < -0.3 is 10.6 Å². The molecule has 2 fully saturated rings. The Bertz CT molecular complexity index is 177. The molecule has 0 aromatic rings. The average molecular weight is 196 g/mol. The first kappa shape index (κ1) is 10.4. The van der Waals surface area contributed by atoms with Gasteiger partial charge in [-0.3, -0.25) is 0 Å². The van der Waals surface area contributed by atoms with Crippen LogP contribution in [0.5, 0.6) is 0 Å². The second kappa shape index (κ2) is 4.63. The lowest BCUT2D eigenvalue weighted by atomic mass is 9.98. The van der Waals surface area contributed by atoms with E-state index in [0.717, 1.165) is 23.7 Å². The van der Waals surface area contributed by atoms with E-state index in [2.05, 4.69) is 24.5 Å². The zero-order valence-corrected chi connectivity index (χ0v) is 9.55. The minimum atomic E-state index is 0.860. The second-order valence-corrected chi connectivity index (χ2v) is 5.37. The first-order chi connectivity index (χ1) is 6.77. The minimum Gasteiger partial charge on any atom is -0.316 e. The summed E-state index contributed by atoms with van der Waals surface area (Å²) >= 11 is 0. The Morgan fingerprint density at radius 1 is 1.36 bits per heavy atom. The molecule has 2 nitrogen and oxygen atoms in total. The highest BCUT2D eigenvalue weighted by molar-refractivity contribution is 4.82. The highest BCUT2D eigenvalue weighted by Crippen LogP contribution is 2.36. The summed E-state index contributed by atoms with van der Waals surface area (Å²) < 4.78 is 0. The monoisotopic (exact) mass is 196 g/mol. The molecule has 0 bridgehead atoms. The standard InChI is InChI=1S/C12H24N2/c1-9(11-3-4-11)5-13-7-12-8-14-6-10(12)2/h9-14H,3-8H2,1-2H3/t9?,10-,12-/m1/s1. The number of nitrogens with one attached hydrogen (secondary N) is 2. The normalized spacial score (nSPS) is 34.7. The Labute approximate surface area is 87.8 Å². The van der Waals surface area contributed by atoms with Gasteiger partial charge in [0.05, 0.1) is 0 Å². The van der Waals surface area contributed by atoms with Crippen molar-refractivity contribution in [2.75, 3.05) is 26.2 Å². The van der Waals surface area contributed by atoms with E-state index in [1.165, 1.54) is 39.0 Å². The molecule has 1 aliphatic carbocycles.